The number of H-pyrrole nitrogens is 1. The Bertz CT molecular complexity index is 742. The first-order valence-corrected chi connectivity index (χ1v) is 6.77. The van der Waals surface area contributed by atoms with Gasteiger partial charge in [0.25, 0.3) is 5.56 Å². The number of hydrogen-bond donors (Lipinski definition) is 1. The number of aromatic nitrogens is 2. The third-order valence-electron chi connectivity index (χ3n) is 3.10. The van der Waals surface area contributed by atoms with Crippen molar-refractivity contribution in [2.45, 2.75) is 13.5 Å². The van der Waals surface area contributed by atoms with Gasteiger partial charge in [-0.25, -0.2) is 4.79 Å². The summed E-state index contributed by atoms with van der Waals surface area (Å²) >= 11 is 0. The zero-order valence-corrected chi connectivity index (χ0v) is 12.3. The van der Waals surface area contributed by atoms with Crippen LogP contribution in [-0.2, 0) is 15.9 Å². The summed E-state index contributed by atoms with van der Waals surface area (Å²) in [5, 5.41) is 0. The van der Waals surface area contributed by atoms with E-state index in [0.717, 1.165) is 21.8 Å². The molecule has 1 heterocycles. The average Bonchev–Trinajstić information content (AvgIpc) is 2.51. The molecular formula is C14H16BFN2O4. The second-order valence-corrected chi connectivity index (χ2v) is 4.63. The van der Waals surface area contributed by atoms with Gasteiger partial charge >= 0.3 is 12.8 Å². The zero-order valence-electron chi connectivity index (χ0n) is 12.3. The van der Waals surface area contributed by atoms with Gasteiger partial charge < -0.3 is 9.31 Å². The molecule has 0 amide bonds. The highest BCUT2D eigenvalue weighted by molar-refractivity contribution is 6.61. The van der Waals surface area contributed by atoms with E-state index in [1.807, 2.05) is 24.0 Å². The number of aromatic amines is 1. The van der Waals surface area contributed by atoms with Crippen LogP contribution in [0, 0.1) is 5.82 Å². The largest absolute Gasteiger partial charge is 0.493 e. The molecule has 0 atom stereocenters. The third kappa shape index (κ3) is 3.72. The number of nitrogens with one attached hydrogen (secondary N) is 1. The van der Waals surface area contributed by atoms with Crippen LogP contribution in [0.1, 0.15) is 12.5 Å². The molecule has 2 aromatic rings. The molecule has 2 rings (SSSR count). The molecule has 0 aliphatic carbocycles. The van der Waals surface area contributed by atoms with Crippen molar-refractivity contribution in [2.24, 2.45) is 0 Å². The van der Waals surface area contributed by atoms with E-state index < -0.39 is 24.2 Å². The Morgan fingerprint density at radius 3 is 2.55 bits per heavy atom. The second kappa shape index (κ2) is 7.19. The number of rotatable bonds is 6. The number of nitrogens with zero attached hydrogens (tertiary/aromatic N) is 1. The van der Waals surface area contributed by atoms with Crippen molar-refractivity contribution in [3.05, 3.63) is 62.7 Å². The maximum Gasteiger partial charge on any atom is 0.493 e. The van der Waals surface area contributed by atoms with E-state index in [9.17, 15) is 14.0 Å². The molecule has 0 saturated carbocycles. The third-order valence-corrected chi connectivity index (χ3v) is 3.10. The summed E-state index contributed by atoms with van der Waals surface area (Å²) in [6, 6.07) is 7.20. The Hall–Kier alpha value is -2.19. The van der Waals surface area contributed by atoms with Crippen molar-refractivity contribution in [2.75, 3.05) is 13.7 Å². The van der Waals surface area contributed by atoms with Crippen LogP contribution in [0.2, 0.25) is 0 Å². The molecule has 22 heavy (non-hydrogen) atoms. The normalized spacial score (nSPS) is 10.7. The van der Waals surface area contributed by atoms with E-state index in [-0.39, 0.29) is 6.54 Å². The summed E-state index contributed by atoms with van der Waals surface area (Å²) < 4.78 is 25.0. The first kappa shape index (κ1) is 16.2. The molecule has 0 saturated heterocycles. The quantitative estimate of drug-likeness (QED) is 0.768. The van der Waals surface area contributed by atoms with E-state index >= 15 is 0 Å². The van der Waals surface area contributed by atoms with Crippen LogP contribution in [0.4, 0.5) is 4.39 Å². The van der Waals surface area contributed by atoms with Gasteiger partial charge in [0.05, 0.1) is 12.7 Å². The summed E-state index contributed by atoms with van der Waals surface area (Å²) in [6.45, 7) is 2.54. The fraction of sp³-hybridized carbons (Fsp3) is 0.286. The molecular weight excluding hydrogens is 290 g/mol. The summed E-state index contributed by atoms with van der Waals surface area (Å²) in [4.78, 5) is 24.5. The molecule has 116 valence electrons. The van der Waals surface area contributed by atoms with E-state index in [4.69, 9.17) is 9.31 Å². The molecule has 6 nitrogen and oxygen atoms in total. The zero-order chi connectivity index (χ0) is 16.1. The van der Waals surface area contributed by atoms with Crippen LogP contribution in [0.15, 0.2) is 40.1 Å². The molecule has 0 bridgehead atoms. The minimum Gasteiger partial charge on any atom is -0.410 e. The maximum atomic E-state index is 13.2. The van der Waals surface area contributed by atoms with Gasteiger partial charge in [0, 0.05) is 13.7 Å². The van der Waals surface area contributed by atoms with Crippen molar-refractivity contribution in [1.82, 2.24) is 9.55 Å². The first-order valence-electron chi connectivity index (χ1n) is 6.77. The molecule has 0 spiro atoms. The molecule has 1 aromatic carbocycles. The monoisotopic (exact) mass is 306 g/mol. The molecule has 1 aromatic heterocycles. The van der Waals surface area contributed by atoms with Gasteiger partial charge in [-0.3, -0.25) is 14.3 Å². The van der Waals surface area contributed by atoms with E-state index in [1.54, 1.807) is 19.2 Å². The van der Waals surface area contributed by atoms with Crippen LogP contribution in [0.3, 0.4) is 0 Å². The van der Waals surface area contributed by atoms with Crippen LogP contribution in [0.5, 0.6) is 0 Å². The van der Waals surface area contributed by atoms with Gasteiger partial charge in [-0.05, 0) is 17.9 Å². The second-order valence-electron chi connectivity index (χ2n) is 4.63. The highest BCUT2D eigenvalue weighted by Crippen LogP contribution is 2.01. The van der Waals surface area contributed by atoms with Crippen molar-refractivity contribution < 1.29 is 13.7 Å². The lowest BCUT2D eigenvalue weighted by Gasteiger charge is -2.11. The summed E-state index contributed by atoms with van der Waals surface area (Å²) in [5.74, 6) is -0.994. The van der Waals surface area contributed by atoms with E-state index in [2.05, 4.69) is 0 Å². The minimum atomic E-state index is -1.02. The molecule has 0 fully saturated rings. The number of halogens is 1. The smallest absolute Gasteiger partial charge is 0.410 e. The number of benzene rings is 1. The molecule has 0 aliphatic heterocycles. The Kier molecular flexibility index (Phi) is 5.29. The lowest BCUT2D eigenvalue weighted by atomic mass is 9.78. The Labute approximate surface area is 126 Å². The lowest BCUT2D eigenvalue weighted by Crippen LogP contribution is -2.36. The Morgan fingerprint density at radius 2 is 1.95 bits per heavy atom. The average molecular weight is 306 g/mol. The van der Waals surface area contributed by atoms with Crippen LogP contribution >= 0.6 is 0 Å². The molecule has 1 N–H and O–H groups in total. The molecule has 0 radical (unpaired) electrons. The summed E-state index contributed by atoms with van der Waals surface area (Å²) in [7, 11) is 1.10. The molecule has 0 aliphatic rings. The highest BCUT2D eigenvalue weighted by Gasteiger charge is 2.18. The number of hydrogen-bond acceptors (Lipinski definition) is 4. The minimum absolute atomic E-state index is 0.152. The predicted molar refractivity (Wildman–Crippen MR) is 80.8 cm³/mol. The van der Waals surface area contributed by atoms with E-state index in [1.165, 1.54) is 0 Å². The molecule has 8 heteroatoms. The van der Waals surface area contributed by atoms with Crippen LogP contribution < -0.4 is 16.7 Å². The van der Waals surface area contributed by atoms with Gasteiger partial charge in [0.1, 0.15) is 0 Å². The predicted octanol–water partition coefficient (Wildman–Crippen LogP) is 0.102. The van der Waals surface area contributed by atoms with Crippen molar-refractivity contribution >= 4 is 12.6 Å². The van der Waals surface area contributed by atoms with Gasteiger partial charge in [0.2, 0.25) is 5.82 Å². The SMILES string of the molecule is CCOB(OC)c1ccc(Cn2cc(F)c(=O)[nH]c2=O)cc1. The van der Waals surface area contributed by atoms with Gasteiger partial charge in [-0.15, -0.1) is 0 Å². The van der Waals surface area contributed by atoms with Crippen LogP contribution in [-0.4, -0.2) is 30.4 Å². The topological polar surface area (TPSA) is 73.3 Å². The summed E-state index contributed by atoms with van der Waals surface area (Å²) in [5.41, 5.74) is -0.0486. The van der Waals surface area contributed by atoms with Crippen molar-refractivity contribution in [1.29, 1.82) is 0 Å². The Balaban J connectivity index is 2.20. The Morgan fingerprint density at radius 1 is 1.27 bits per heavy atom. The maximum absolute atomic E-state index is 13.2. The van der Waals surface area contributed by atoms with Crippen molar-refractivity contribution in [3.63, 3.8) is 0 Å². The first-order chi connectivity index (χ1) is 10.5. The highest BCUT2D eigenvalue weighted by atomic mass is 19.1. The van der Waals surface area contributed by atoms with Crippen molar-refractivity contribution in [3.8, 4) is 0 Å². The molecule has 0 unspecified atom stereocenters. The van der Waals surface area contributed by atoms with Gasteiger partial charge in [0.15, 0.2) is 0 Å². The fourth-order valence-corrected chi connectivity index (χ4v) is 2.03. The van der Waals surface area contributed by atoms with E-state index in [0.29, 0.717) is 6.61 Å². The van der Waals surface area contributed by atoms with Crippen LogP contribution in [0.25, 0.3) is 0 Å². The van der Waals surface area contributed by atoms with Gasteiger partial charge in [-0.1, -0.05) is 24.3 Å². The fourth-order valence-electron chi connectivity index (χ4n) is 2.03. The lowest BCUT2D eigenvalue weighted by molar-refractivity contribution is 0.253. The summed E-state index contributed by atoms with van der Waals surface area (Å²) in [6.07, 6.45) is 0.896. The standard InChI is InChI=1S/C14H16BFN2O4/c1-3-22-15(21-2)11-6-4-10(5-7-11)8-18-9-12(16)13(19)17-14(18)20/h4-7,9H,3,8H2,1-2H3,(H,17,19,20). The van der Waals surface area contributed by atoms with Gasteiger partial charge in [-0.2, -0.15) is 4.39 Å².